The van der Waals surface area contributed by atoms with Crippen LogP contribution < -0.4 is 5.32 Å². The number of aromatic nitrogens is 1. The maximum Gasteiger partial charge on any atom is 0.0798 e. The van der Waals surface area contributed by atoms with Gasteiger partial charge in [0.2, 0.25) is 0 Å². The first kappa shape index (κ1) is 15.5. The smallest absolute Gasteiger partial charge is 0.0798 e. The Hall–Kier alpha value is -0.930. The molecule has 1 aliphatic carbocycles. The lowest BCUT2D eigenvalue weighted by Gasteiger charge is -2.36. The van der Waals surface area contributed by atoms with E-state index in [0.29, 0.717) is 5.92 Å². The normalized spacial score (nSPS) is 19.8. The van der Waals surface area contributed by atoms with Crippen molar-refractivity contribution in [1.82, 2.24) is 10.3 Å². The average Bonchev–Trinajstić information content (AvgIpc) is 2.50. The summed E-state index contributed by atoms with van der Waals surface area (Å²) in [6.07, 6.45) is 10.8. The van der Waals surface area contributed by atoms with E-state index in [1.807, 2.05) is 19.4 Å². The first-order valence-electron chi connectivity index (χ1n) is 7.97. The molecule has 3 heteroatoms. The number of pyridine rings is 1. The van der Waals surface area contributed by atoms with E-state index in [0.717, 1.165) is 6.61 Å². The van der Waals surface area contributed by atoms with E-state index in [4.69, 9.17) is 4.74 Å². The molecule has 112 valence electrons. The van der Waals surface area contributed by atoms with Gasteiger partial charge in [0.1, 0.15) is 0 Å². The molecule has 1 aliphatic rings. The van der Waals surface area contributed by atoms with Gasteiger partial charge >= 0.3 is 0 Å². The molecule has 3 nitrogen and oxygen atoms in total. The van der Waals surface area contributed by atoms with Crippen LogP contribution in [0.5, 0.6) is 0 Å². The highest BCUT2D eigenvalue weighted by atomic mass is 16.5. The van der Waals surface area contributed by atoms with Crippen molar-refractivity contribution in [3.63, 3.8) is 0 Å². The quantitative estimate of drug-likeness (QED) is 0.861. The van der Waals surface area contributed by atoms with Crippen molar-refractivity contribution < 1.29 is 4.74 Å². The first-order valence-corrected chi connectivity index (χ1v) is 7.97. The summed E-state index contributed by atoms with van der Waals surface area (Å²) < 4.78 is 6.15. The SMILES string of the molecule is CCOC(C1CCCCC1)C(NC)c1cnccc1C. The second-order valence-electron chi connectivity index (χ2n) is 5.82. The van der Waals surface area contributed by atoms with Crippen molar-refractivity contribution in [2.45, 2.75) is 58.1 Å². The summed E-state index contributed by atoms with van der Waals surface area (Å²) >= 11 is 0. The standard InChI is InChI=1S/C17H28N2O/c1-4-20-17(14-8-6-5-7-9-14)16(18-3)15-12-19-11-10-13(15)2/h10-12,14,16-18H,4-9H2,1-3H3. The van der Waals surface area contributed by atoms with Crippen LogP contribution in [0, 0.1) is 12.8 Å². The van der Waals surface area contributed by atoms with Crippen molar-refractivity contribution >= 4 is 0 Å². The van der Waals surface area contributed by atoms with E-state index in [1.54, 1.807) is 0 Å². The van der Waals surface area contributed by atoms with Gasteiger partial charge < -0.3 is 10.1 Å². The molecule has 0 bridgehead atoms. The Morgan fingerprint density at radius 3 is 2.70 bits per heavy atom. The number of aryl methyl sites for hydroxylation is 1. The summed E-state index contributed by atoms with van der Waals surface area (Å²) in [6, 6.07) is 2.33. The average molecular weight is 276 g/mol. The van der Waals surface area contributed by atoms with Gasteiger partial charge in [0.15, 0.2) is 0 Å². The van der Waals surface area contributed by atoms with Gasteiger partial charge in [0, 0.05) is 19.0 Å². The number of nitrogens with one attached hydrogen (secondary N) is 1. The van der Waals surface area contributed by atoms with Gasteiger partial charge in [-0.1, -0.05) is 19.3 Å². The zero-order valence-corrected chi connectivity index (χ0v) is 13.1. The Labute approximate surface area is 123 Å². The van der Waals surface area contributed by atoms with Crippen molar-refractivity contribution in [2.24, 2.45) is 5.92 Å². The number of hydrogen-bond acceptors (Lipinski definition) is 3. The summed E-state index contributed by atoms with van der Waals surface area (Å²) in [6.45, 7) is 5.03. The molecular formula is C17H28N2O. The fourth-order valence-corrected chi connectivity index (χ4v) is 3.46. The third-order valence-corrected chi connectivity index (χ3v) is 4.53. The van der Waals surface area contributed by atoms with Gasteiger partial charge in [-0.25, -0.2) is 0 Å². The molecule has 1 heterocycles. The lowest BCUT2D eigenvalue weighted by Crippen LogP contribution is -2.38. The highest BCUT2D eigenvalue weighted by Gasteiger charge is 2.32. The lowest BCUT2D eigenvalue weighted by atomic mass is 9.80. The minimum absolute atomic E-state index is 0.242. The van der Waals surface area contributed by atoms with E-state index in [1.165, 1.54) is 43.2 Å². The Balaban J connectivity index is 2.22. The number of rotatable bonds is 6. The van der Waals surface area contributed by atoms with Gasteiger partial charge in [-0.05, 0) is 56.8 Å². The number of hydrogen-bond donors (Lipinski definition) is 1. The van der Waals surface area contributed by atoms with E-state index in [9.17, 15) is 0 Å². The van der Waals surface area contributed by atoms with Crippen molar-refractivity contribution in [3.8, 4) is 0 Å². The van der Waals surface area contributed by atoms with Crippen LogP contribution in [-0.2, 0) is 4.74 Å². The Kier molecular flexibility index (Phi) is 5.99. The van der Waals surface area contributed by atoms with E-state index in [2.05, 4.69) is 30.2 Å². The van der Waals surface area contributed by atoms with E-state index in [-0.39, 0.29) is 12.1 Å². The predicted octanol–water partition coefficient (Wildman–Crippen LogP) is 3.64. The van der Waals surface area contributed by atoms with Gasteiger partial charge in [-0.3, -0.25) is 4.98 Å². The monoisotopic (exact) mass is 276 g/mol. The highest BCUT2D eigenvalue weighted by Crippen LogP contribution is 2.34. The zero-order chi connectivity index (χ0) is 14.4. The van der Waals surface area contributed by atoms with Gasteiger partial charge in [0.05, 0.1) is 12.1 Å². The Morgan fingerprint density at radius 2 is 2.10 bits per heavy atom. The van der Waals surface area contributed by atoms with Crippen molar-refractivity contribution in [1.29, 1.82) is 0 Å². The Morgan fingerprint density at radius 1 is 1.35 bits per heavy atom. The second-order valence-corrected chi connectivity index (χ2v) is 5.82. The minimum Gasteiger partial charge on any atom is -0.376 e. The number of nitrogens with zero attached hydrogens (tertiary/aromatic N) is 1. The maximum atomic E-state index is 6.15. The summed E-state index contributed by atoms with van der Waals surface area (Å²) in [5.41, 5.74) is 2.57. The topological polar surface area (TPSA) is 34.1 Å². The molecule has 0 amide bonds. The van der Waals surface area contributed by atoms with Crippen LogP contribution in [0.4, 0.5) is 0 Å². The largest absolute Gasteiger partial charge is 0.376 e. The number of likely N-dealkylation sites (N-methyl/N-ethyl adjacent to an activating group) is 1. The minimum atomic E-state index is 0.242. The van der Waals surface area contributed by atoms with Gasteiger partial charge in [0.25, 0.3) is 0 Å². The summed E-state index contributed by atoms with van der Waals surface area (Å²) in [5.74, 6) is 0.667. The molecule has 0 spiro atoms. The molecule has 1 saturated carbocycles. The Bertz CT molecular complexity index is 402. The van der Waals surface area contributed by atoms with Crippen LogP contribution in [0.25, 0.3) is 0 Å². The first-order chi connectivity index (χ1) is 9.77. The van der Waals surface area contributed by atoms with Gasteiger partial charge in [-0.15, -0.1) is 0 Å². The van der Waals surface area contributed by atoms with Crippen LogP contribution >= 0.6 is 0 Å². The van der Waals surface area contributed by atoms with Crippen LogP contribution in [0.3, 0.4) is 0 Å². The molecular weight excluding hydrogens is 248 g/mol. The molecule has 0 aliphatic heterocycles. The van der Waals surface area contributed by atoms with E-state index < -0.39 is 0 Å². The molecule has 2 unspecified atom stereocenters. The molecule has 0 radical (unpaired) electrons. The van der Waals surface area contributed by atoms with Crippen LogP contribution in [0.1, 0.15) is 56.2 Å². The highest BCUT2D eigenvalue weighted by molar-refractivity contribution is 5.26. The van der Waals surface area contributed by atoms with Crippen molar-refractivity contribution in [3.05, 3.63) is 29.6 Å². The molecule has 2 rings (SSSR count). The molecule has 20 heavy (non-hydrogen) atoms. The molecule has 1 aromatic rings. The maximum absolute atomic E-state index is 6.15. The van der Waals surface area contributed by atoms with Crippen LogP contribution in [0.15, 0.2) is 18.5 Å². The zero-order valence-electron chi connectivity index (χ0n) is 13.1. The number of ether oxygens (including phenoxy) is 1. The second kappa shape index (κ2) is 7.75. The van der Waals surface area contributed by atoms with E-state index >= 15 is 0 Å². The molecule has 2 atom stereocenters. The molecule has 1 fully saturated rings. The summed E-state index contributed by atoms with van der Waals surface area (Å²) in [4.78, 5) is 4.31. The third kappa shape index (κ3) is 3.58. The fraction of sp³-hybridized carbons (Fsp3) is 0.706. The molecule has 1 aromatic heterocycles. The molecule has 0 saturated heterocycles. The van der Waals surface area contributed by atoms with Gasteiger partial charge in [-0.2, -0.15) is 0 Å². The summed E-state index contributed by atoms with van der Waals surface area (Å²) in [5, 5.41) is 3.48. The fourth-order valence-electron chi connectivity index (χ4n) is 3.46. The predicted molar refractivity (Wildman–Crippen MR) is 82.8 cm³/mol. The summed E-state index contributed by atoms with van der Waals surface area (Å²) in [7, 11) is 2.03. The molecule has 0 aromatic carbocycles. The molecule has 1 N–H and O–H groups in total. The third-order valence-electron chi connectivity index (χ3n) is 4.53. The lowest BCUT2D eigenvalue weighted by molar-refractivity contribution is -0.0169. The van der Waals surface area contributed by atoms with Crippen LogP contribution in [-0.4, -0.2) is 24.7 Å². The van der Waals surface area contributed by atoms with Crippen molar-refractivity contribution in [2.75, 3.05) is 13.7 Å². The van der Waals surface area contributed by atoms with Crippen LogP contribution in [0.2, 0.25) is 0 Å².